The molecule has 0 saturated heterocycles. The fourth-order valence-corrected chi connectivity index (χ4v) is 14.2. The van der Waals surface area contributed by atoms with E-state index in [9.17, 15) is 43.2 Å². The Morgan fingerprint density at radius 2 is 0.475 bits per heavy atom. The number of hydrogen-bond acceptors (Lipinski definition) is 15. The summed E-state index contributed by atoms with van der Waals surface area (Å²) in [5.74, 6) is -0.612. The highest BCUT2D eigenvalue weighted by molar-refractivity contribution is 7.47. The third kappa shape index (κ3) is 73.4. The molecule has 0 aromatic rings. The van der Waals surface area contributed by atoms with Crippen molar-refractivity contribution in [1.82, 2.24) is 0 Å². The predicted molar refractivity (Wildman–Crippen MR) is 414 cm³/mol. The van der Waals surface area contributed by atoms with Crippen molar-refractivity contribution in [2.45, 2.75) is 452 Å². The number of aliphatic hydroxyl groups is 1. The van der Waals surface area contributed by atoms with Crippen LogP contribution in [0.3, 0.4) is 0 Å². The average molecular weight is 1480 g/mol. The summed E-state index contributed by atoms with van der Waals surface area (Å²) < 4.78 is 68.7. The van der Waals surface area contributed by atoms with E-state index in [1.54, 1.807) is 0 Å². The summed E-state index contributed by atoms with van der Waals surface area (Å²) in [4.78, 5) is 73.0. The minimum Gasteiger partial charge on any atom is -0.462 e. The number of ether oxygens (including phenoxy) is 4. The molecule has 17 nitrogen and oxygen atoms in total. The molecule has 0 bridgehead atoms. The van der Waals surface area contributed by atoms with Crippen LogP contribution in [0.15, 0.2) is 0 Å². The molecule has 0 aliphatic heterocycles. The fraction of sp³-hybridized carbons (Fsp3) is 0.951. The van der Waals surface area contributed by atoms with Crippen LogP contribution in [0.4, 0.5) is 0 Å². The molecule has 19 heteroatoms. The van der Waals surface area contributed by atoms with Crippen molar-refractivity contribution < 1.29 is 80.2 Å². The standard InChI is InChI=1S/C82H160O17P2/c1-7-11-13-15-17-19-21-23-25-27-28-29-30-31-33-35-37-39-41-46-54-60-66-81(86)98-77(70-92-79(84)64-58-52-45-40-38-36-34-32-26-24-22-20-18-16-14-12-8-2)72-96-100(88,89)94-68-76(83)69-95-101(90,91)97-73-78(71-93-80(85)65-59-53-49-48-51-57-63-75(6)10-4)99-82(87)67-61-55-47-43-42-44-50-56-62-74(5)9-3/h74-78,83H,7-73H2,1-6H3,(H,88,89)(H,90,91)/t74?,75?,76-,77-,78-/m1/s1. The lowest BCUT2D eigenvalue weighted by atomic mass is 9.99. The number of carbonyl (C=O) groups excluding carboxylic acids is 4. The lowest BCUT2D eigenvalue weighted by Crippen LogP contribution is -2.30. The van der Waals surface area contributed by atoms with E-state index in [2.05, 4.69) is 41.5 Å². The van der Waals surface area contributed by atoms with Gasteiger partial charge in [0, 0.05) is 25.7 Å². The summed E-state index contributed by atoms with van der Waals surface area (Å²) in [6.45, 7) is 9.59. The lowest BCUT2D eigenvalue weighted by Gasteiger charge is -2.21. The van der Waals surface area contributed by atoms with E-state index in [0.717, 1.165) is 108 Å². The second-order valence-corrected chi connectivity index (χ2v) is 32.9. The van der Waals surface area contributed by atoms with Gasteiger partial charge >= 0.3 is 39.5 Å². The number of hydrogen-bond donors (Lipinski definition) is 3. The van der Waals surface area contributed by atoms with Crippen molar-refractivity contribution >= 4 is 39.5 Å². The molecule has 0 amide bonds. The second kappa shape index (κ2) is 73.6. The zero-order chi connectivity index (χ0) is 74.2. The molecule has 3 N–H and O–H groups in total. The first kappa shape index (κ1) is 99.1. The van der Waals surface area contributed by atoms with Gasteiger partial charge in [-0.2, -0.15) is 0 Å². The molecule has 7 atom stereocenters. The third-order valence-electron chi connectivity index (χ3n) is 19.9. The molecule has 0 fully saturated rings. The Labute approximate surface area is 619 Å². The summed E-state index contributed by atoms with van der Waals surface area (Å²) >= 11 is 0. The Morgan fingerprint density at radius 3 is 0.703 bits per heavy atom. The molecule has 101 heavy (non-hydrogen) atoms. The van der Waals surface area contributed by atoms with Gasteiger partial charge in [0.05, 0.1) is 26.4 Å². The van der Waals surface area contributed by atoms with Gasteiger partial charge in [0.2, 0.25) is 0 Å². The maximum atomic E-state index is 13.1. The number of carbonyl (C=O) groups is 4. The highest BCUT2D eigenvalue weighted by Gasteiger charge is 2.30. The van der Waals surface area contributed by atoms with Gasteiger partial charge in [0.1, 0.15) is 19.3 Å². The van der Waals surface area contributed by atoms with Crippen LogP contribution >= 0.6 is 15.6 Å². The normalized spacial score (nSPS) is 14.4. The van der Waals surface area contributed by atoms with Crippen molar-refractivity contribution in [2.24, 2.45) is 11.8 Å². The SMILES string of the molecule is CCCCCCCCCCCCCCCCCCCCCCCCC(=O)O[C@H](COC(=O)CCCCCCCCCCCCCCCCCCC)COP(=O)(O)OC[C@@H](O)COP(=O)(O)OC[C@@H](COC(=O)CCCCCCCCC(C)CC)OC(=O)CCCCCCCCCCC(C)CC. The van der Waals surface area contributed by atoms with Crippen LogP contribution in [0.5, 0.6) is 0 Å². The first-order chi connectivity index (χ1) is 48.9. The maximum absolute atomic E-state index is 13.1. The summed E-state index contributed by atoms with van der Waals surface area (Å²) in [5.41, 5.74) is 0. The number of phosphoric acid groups is 2. The topological polar surface area (TPSA) is 237 Å². The minimum absolute atomic E-state index is 0.104. The first-order valence-electron chi connectivity index (χ1n) is 42.6. The van der Waals surface area contributed by atoms with E-state index in [-0.39, 0.29) is 25.7 Å². The number of esters is 4. The predicted octanol–water partition coefficient (Wildman–Crippen LogP) is 24.7. The van der Waals surface area contributed by atoms with Crippen LogP contribution in [0.2, 0.25) is 0 Å². The van der Waals surface area contributed by atoms with Crippen molar-refractivity contribution in [3.8, 4) is 0 Å². The van der Waals surface area contributed by atoms with Gasteiger partial charge in [-0.05, 0) is 37.5 Å². The molecule has 0 heterocycles. The fourth-order valence-electron chi connectivity index (χ4n) is 12.6. The highest BCUT2D eigenvalue weighted by atomic mass is 31.2. The van der Waals surface area contributed by atoms with Crippen LogP contribution in [0.1, 0.15) is 433 Å². The Hall–Kier alpha value is -1.94. The van der Waals surface area contributed by atoms with Crippen LogP contribution in [0, 0.1) is 11.8 Å². The van der Waals surface area contributed by atoms with Crippen LogP contribution in [-0.4, -0.2) is 96.7 Å². The molecular formula is C82H160O17P2. The van der Waals surface area contributed by atoms with Gasteiger partial charge in [-0.1, -0.05) is 382 Å². The van der Waals surface area contributed by atoms with Gasteiger partial charge in [0.15, 0.2) is 12.2 Å². The number of rotatable bonds is 81. The van der Waals surface area contributed by atoms with Crippen molar-refractivity contribution in [1.29, 1.82) is 0 Å². The molecule has 0 aromatic carbocycles. The van der Waals surface area contributed by atoms with Gasteiger partial charge in [0.25, 0.3) is 0 Å². The van der Waals surface area contributed by atoms with E-state index >= 15 is 0 Å². The zero-order valence-electron chi connectivity index (χ0n) is 66.2. The van der Waals surface area contributed by atoms with E-state index in [1.807, 2.05) is 0 Å². The molecule has 0 spiro atoms. The average Bonchev–Trinajstić information content (AvgIpc) is 1.96. The van der Waals surface area contributed by atoms with Crippen LogP contribution < -0.4 is 0 Å². The summed E-state index contributed by atoms with van der Waals surface area (Å²) in [6, 6.07) is 0. The molecule has 4 unspecified atom stereocenters. The molecule has 0 saturated carbocycles. The Bertz CT molecular complexity index is 1950. The Morgan fingerprint density at radius 1 is 0.277 bits per heavy atom. The number of aliphatic hydroxyl groups excluding tert-OH is 1. The van der Waals surface area contributed by atoms with E-state index < -0.39 is 97.5 Å². The van der Waals surface area contributed by atoms with E-state index in [0.29, 0.717) is 25.7 Å². The van der Waals surface area contributed by atoms with Crippen molar-refractivity contribution in [3.63, 3.8) is 0 Å². The summed E-state index contributed by atoms with van der Waals surface area (Å²) in [7, 11) is -9.92. The van der Waals surface area contributed by atoms with Crippen molar-refractivity contribution in [2.75, 3.05) is 39.6 Å². The number of unbranched alkanes of at least 4 members (excludes halogenated alkanes) is 49. The zero-order valence-corrected chi connectivity index (χ0v) is 68.0. The second-order valence-electron chi connectivity index (χ2n) is 30.0. The van der Waals surface area contributed by atoms with E-state index in [1.165, 1.54) is 244 Å². The molecule has 0 radical (unpaired) electrons. The first-order valence-corrected chi connectivity index (χ1v) is 45.6. The van der Waals surface area contributed by atoms with Crippen LogP contribution in [-0.2, 0) is 65.4 Å². The minimum atomic E-state index is -4.96. The quantitative estimate of drug-likeness (QED) is 0.0222. The lowest BCUT2D eigenvalue weighted by molar-refractivity contribution is -0.161. The van der Waals surface area contributed by atoms with Gasteiger partial charge in [-0.15, -0.1) is 0 Å². The molecule has 0 aliphatic carbocycles. The maximum Gasteiger partial charge on any atom is 0.472 e. The largest absolute Gasteiger partial charge is 0.472 e. The highest BCUT2D eigenvalue weighted by Crippen LogP contribution is 2.45. The van der Waals surface area contributed by atoms with Gasteiger partial charge in [-0.25, -0.2) is 9.13 Å². The number of phosphoric ester groups is 2. The summed E-state index contributed by atoms with van der Waals surface area (Å²) in [6.07, 6.45) is 64.0. The molecule has 0 rings (SSSR count). The Balaban J connectivity index is 5.21. The van der Waals surface area contributed by atoms with Gasteiger partial charge < -0.3 is 33.8 Å². The molecule has 600 valence electrons. The van der Waals surface area contributed by atoms with Gasteiger partial charge in [-0.3, -0.25) is 37.3 Å². The smallest absolute Gasteiger partial charge is 0.462 e. The third-order valence-corrected chi connectivity index (χ3v) is 21.8. The molecule has 0 aromatic heterocycles. The van der Waals surface area contributed by atoms with Crippen molar-refractivity contribution in [3.05, 3.63) is 0 Å². The molecule has 0 aliphatic rings. The van der Waals surface area contributed by atoms with Crippen LogP contribution in [0.25, 0.3) is 0 Å². The Kier molecular flexibility index (Phi) is 72.2. The van der Waals surface area contributed by atoms with E-state index in [4.69, 9.17) is 37.0 Å². The monoisotopic (exact) mass is 1480 g/mol. The summed E-state index contributed by atoms with van der Waals surface area (Å²) in [5, 5.41) is 10.6. The molecular weight excluding hydrogens is 1320 g/mol.